The van der Waals surface area contributed by atoms with Crippen molar-refractivity contribution in [1.29, 1.82) is 0 Å². The lowest BCUT2D eigenvalue weighted by atomic mass is 9.96. The number of ether oxygens (including phenoxy) is 1. The van der Waals surface area contributed by atoms with Crippen molar-refractivity contribution in [2.24, 2.45) is 5.92 Å². The number of hydrogen-bond donors (Lipinski definition) is 1. The van der Waals surface area contributed by atoms with Crippen molar-refractivity contribution in [3.63, 3.8) is 0 Å². The summed E-state index contributed by atoms with van der Waals surface area (Å²) in [5.41, 5.74) is 3.68. The van der Waals surface area contributed by atoms with Gasteiger partial charge in [0.1, 0.15) is 5.00 Å². The summed E-state index contributed by atoms with van der Waals surface area (Å²) < 4.78 is 7.63. The van der Waals surface area contributed by atoms with Crippen molar-refractivity contribution in [3.05, 3.63) is 29.2 Å². The average Bonchev–Trinajstić information content (AvgIpc) is 3.26. The maximum absolute atomic E-state index is 12.6. The van der Waals surface area contributed by atoms with Gasteiger partial charge in [0.05, 0.1) is 29.4 Å². The van der Waals surface area contributed by atoms with E-state index in [1.54, 1.807) is 11.7 Å². The topological polar surface area (TPSA) is 69.0 Å². The van der Waals surface area contributed by atoms with Crippen LogP contribution < -0.4 is 5.32 Å². The zero-order valence-electron chi connectivity index (χ0n) is 12.8. The van der Waals surface area contributed by atoms with Crippen LogP contribution in [0.3, 0.4) is 0 Å². The first-order valence-electron chi connectivity index (χ1n) is 7.60. The van der Waals surface area contributed by atoms with Crippen LogP contribution in [0.25, 0.3) is 0 Å². The Morgan fingerprint density at radius 2 is 2.41 bits per heavy atom. The van der Waals surface area contributed by atoms with Crippen molar-refractivity contribution in [3.8, 4) is 0 Å². The summed E-state index contributed by atoms with van der Waals surface area (Å²) in [5, 5.41) is 8.14. The summed E-state index contributed by atoms with van der Waals surface area (Å²) in [4.78, 5) is 16.9. The number of hydrogen-bond acceptors (Lipinski definition) is 5. The highest BCUT2D eigenvalue weighted by Gasteiger charge is 2.36. The Hall–Kier alpha value is -1.73. The van der Waals surface area contributed by atoms with Crippen molar-refractivity contribution in [2.75, 3.05) is 11.9 Å². The number of aryl methyl sites for hydroxylation is 2. The minimum atomic E-state index is -0.210. The van der Waals surface area contributed by atoms with E-state index in [0.29, 0.717) is 6.61 Å². The molecule has 1 amide bonds. The maximum Gasteiger partial charge on any atom is 0.231 e. The molecule has 2 aromatic rings. The van der Waals surface area contributed by atoms with Crippen molar-refractivity contribution < 1.29 is 9.53 Å². The molecule has 118 valence electrons. The zero-order valence-corrected chi connectivity index (χ0v) is 13.6. The molecule has 7 heteroatoms. The largest absolute Gasteiger partial charge is 0.373 e. The van der Waals surface area contributed by atoms with Crippen LogP contribution in [0.5, 0.6) is 0 Å². The first kappa shape index (κ1) is 15.2. The molecule has 2 atom stereocenters. The lowest BCUT2D eigenvalue weighted by Gasteiger charge is -2.16. The van der Waals surface area contributed by atoms with Crippen LogP contribution in [0.15, 0.2) is 17.9 Å². The zero-order chi connectivity index (χ0) is 15.5. The molecule has 1 aliphatic heterocycles. The smallest absolute Gasteiger partial charge is 0.231 e. The quantitative estimate of drug-likeness (QED) is 0.919. The normalized spacial score (nSPS) is 21.2. The average molecular weight is 320 g/mol. The Balaban J connectivity index is 1.73. The third kappa shape index (κ3) is 2.91. The van der Waals surface area contributed by atoms with Gasteiger partial charge in [-0.05, 0) is 19.8 Å². The lowest BCUT2D eigenvalue weighted by Crippen LogP contribution is -2.25. The highest BCUT2D eigenvalue weighted by molar-refractivity contribution is 7.14. The summed E-state index contributed by atoms with van der Waals surface area (Å²) in [7, 11) is 0. The second-order valence-corrected chi connectivity index (χ2v) is 6.14. The number of nitrogens with zero attached hydrogens (tertiary/aromatic N) is 3. The van der Waals surface area contributed by atoms with Crippen molar-refractivity contribution in [2.45, 2.75) is 39.3 Å². The standard InChI is InChI=1S/C15H20N4O2S/c1-3-12-15(22-9-16-12)18-14(20)11-5-6-21-13(11)10-7-17-19(4-2)8-10/h7-9,11,13H,3-6H2,1-2H3,(H,18,20)/t11-,13+/m0/s1. The molecule has 3 heterocycles. The molecule has 1 N–H and O–H groups in total. The minimum absolute atomic E-state index is 0.00528. The lowest BCUT2D eigenvalue weighted by molar-refractivity contribution is -0.121. The number of carbonyl (C=O) groups is 1. The van der Waals surface area contributed by atoms with Gasteiger partial charge in [-0.25, -0.2) is 4.98 Å². The highest BCUT2D eigenvalue weighted by Crippen LogP contribution is 2.35. The molecule has 0 radical (unpaired) electrons. The molecule has 2 aromatic heterocycles. The van der Waals surface area contributed by atoms with E-state index in [2.05, 4.69) is 15.4 Å². The summed E-state index contributed by atoms with van der Waals surface area (Å²) in [5.74, 6) is -0.174. The van der Waals surface area contributed by atoms with Gasteiger partial charge in [-0.2, -0.15) is 5.10 Å². The second-order valence-electron chi connectivity index (χ2n) is 5.29. The fraction of sp³-hybridized carbons (Fsp3) is 0.533. The van der Waals surface area contributed by atoms with Gasteiger partial charge >= 0.3 is 0 Å². The van der Waals surface area contributed by atoms with Gasteiger partial charge < -0.3 is 10.1 Å². The Morgan fingerprint density at radius 3 is 3.14 bits per heavy atom. The molecule has 1 fully saturated rings. The van der Waals surface area contributed by atoms with Gasteiger partial charge in [0.15, 0.2) is 0 Å². The van der Waals surface area contributed by atoms with E-state index >= 15 is 0 Å². The number of amides is 1. The first-order chi connectivity index (χ1) is 10.7. The number of aromatic nitrogens is 3. The SMILES string of the molecule is CCc1ncsc1NC(=O)[C@H]1CCO[C@@H]1c1cnn(CC)c1. The number of anilines is 1. The number of nitrogens with one attached hydrogen (secondary N) is 1. The van der Waals surface area contributed by atoms with E-state index in [9.17, 15) is 4.79 Å². The summed E-state index contributed by atoms with van der Waals surface area (Å²) in [6, 6.07) is 0. The molecule has 0 aromatic carbocycles. The number of carbonyl (C=O) groups excluding carboxylic acids is 1. The van der Waals surface area contributed by atoms with Crippen molar-refractivity contribution >= 4 is 22.2 Å². The Bertz CT molecular complexity index is 652. The van der Waals surface area contributed by atoms with E-state index in [1.165, 1.54) is 11.3 Å². The molecule has 6 nitrogen and oxygen atoms in total. The monoisotopic (exact) mass is 320 g/mol. The van der Waals surface area contributed by atoms with Crippen LogP contribution in [0.1, 0.15) is 37.6 Å². The molecule has 1 aliphatic rings. The van der Waals surface area contributed by atoms with Crippen LogP contribution in [-0.2, 0) is 22.5 Å². The van der Waals surface area contributed by atoms with Gasteiger partial charge in [0, 0.05) is 24.9 Å². The fourth-order valence-corrected chi connectivity index (χ4v) is 3.49. The van der Waals surface area contributed by atoms with E-state index in [-0.39, 0.29) is 17.9 Å². The molecule has 3 rings (SSSR count). The van der Waals surface area contributed by atoms with E-state index in [0.717, 1.165) is 35.6 Å². The Kier molecular flexibility index (Phi) is 4.54. The summed E-state index contributed by atoms with van der Waals surface area (Å²) >= 11 is 1.47. The first-order valence-corrected chi connectivity index (χ1v) is 8.48. The third-order valence-electron chi connectivity index (χ3n) is 3.95. The fourth-order valence-electron chi connectivity index (χ4n) is 2.71. The minimum Gasteiger partial charge on any atom is -0.373 e. The van der Waals surface area contributed by atoms with Crippen LogP contribution in [0.4, 0.5) is 5.00 Å². The third-order valence-corrected chi connectivity index (χ3v) is 4.73. The molecule has 0 aliphatic carbocycles. The predicted octanol–water partition coefficient (Wildman–Crippen LogP) is 2.64. The molecule has 0 saturated carbocycles. The van der Waals surface area contributed by atoms with Crippen LogP contribution >= 0.6 is 11.3 Å². The van der Waals surface area contributed by atoms with Crippen LogP contribution in [-0.4, -0.2) is 27.3 Å². The van der Waals surface area contributed by atoms with E-state index < -0.39 is 0 Å². The molecule has 0 unspecified atom stereocenters. The predicted molar refractivity (Wildman–Crippen MR) is 84.8 cm³/mol. The van der Waals surface area contributed by atoms with E-state index in [1.807, 2.05) is 24.7 Å². The Labute approximate surface area is 133 Å². The van der Waals surface area contributed by atoms with Crippen molar-refractivity contribution in [1.82, 2.24) is 14.8 Å². The molecule has 0 spiro atoms. The summed E-state index contributed by atoms with van der Waals surface area (Å²) in [6.45, 7) is 5.48. The maximum atomic E-state index is 12.6. The summed E-state index contributed by atoms with van der Waals surface area (Å²) in [6.07, 6.45) is 5.09. The van der Waals surface area contributed by atoms with Gasteiger partial charge in [-0.3, -0.25) is 9.48 Å². The number of thiazole rings is 1. The van der Waals surface area contributed by atoms with Crippen LogP contribution in [0.2, 0.25) is 0 Å². The molecule has 0 bridgehead atoms. The molecular weight excluding hydrogens is 300 g/mol. The second kappa shape index (κ2) is 6.58. The highest BCUT2D eigenvalue weighted by atomic mass is 32.1. The molecule has 22 heavy (non-hydrogen) atoms. The van der Waals surface area contributed by atoms with Gasteiger partial charge in [-0.15, -0.1) is 11.3 Å². The molecule has 1 saturated heterocycles. The van der Waals surface area contributed by atoms with E-state index in [4.69, 9.17) is 4.74 Å². The molecular formula is C15H20N4O2S. The van der Waals surface area contributed by atoms with Gasteiger partial charge in [0.2, 0.25) is 5.91 Å². The van der Waals surface area contributed by atoms with Crippen LogP contribution in [0, 0.1) is 5.92 Å². The van der Waals surface area contributed by atoms with Gasteiger partial charge in [0.25, 0.3) is 0 Å². The Morgan fingerprint density at radius 1 is 1.55 bits per heavy atom. The van der Waals surface area contributed by atoms with Gasteiger partial charge in [-0.1, -0.05) is 6.92 Å². The number of rotatable bonds is 5.